The van der Waals surface area contributed by atoms with Gasteiger partial charge in [0.25, 0.3) is 5.56 Å². The molecule has 15 heteroatoms. The minimum Gasteiger partial charge on any atom is -0.465 e. The molecule has 2 aromatic rings. The summed E-state index contributed by atoms with van der Waals surface area (Å²) in [5, 5.41) is 23.3. The van der Waals surface area contributed by atoms with Crippen molar-refractivity contribution in [3.63, 3.8) is 0 Å². The molecule has 0 radical (unpaired) electrons. The van der Waals surface area contributed by atoms with Gasteiger partial charge in [-0.05, 0) is 50.5 Å². The van der Waals surface area contributed by atoms with Gasteiger partial charge in [0.2, 0.25) is 5.91 Å². The summed E-state index contributed by atoms with van der Waals surface area (Å²) in [6.07, 6.45) is -6.69. The van der Waals surface area contributed by atoms with Crippen molar-refractivity contribution < 1.29 is 36.3 Å². The number of benzene rings is 1. The molecule has 1 aromatic carbocycles. The molecular weight excluding hydrogens is 519 g/mol. The summed E-state index contributed by atoms with van der Waals surface area (Å²) >= 11 is 0. The number of nitrogens with zero attached hydrogens (tertiary/aromatic N) is 4. The average Bonchev–Trinajstić information content (AvgIpc) is 3.43. The Kier molecular flexibility index (Phi) is 6.27. The number of nitriles is 1. The highest BCUT2D eigenvalue weighted by Gasteiger charge is 2.51. The summed E-state index contributed by atoms with van der Waals surface area (Å²) in [6, 6.07) is 5.03. The van der Waals surface area contributed by atoms with Gasteiger partial charge in [-0.3, -0.25) is 14.5 Å². The number of hydrogen-bond acceptors (Lipinski definition) is 7. The zero-order valence-electron chi connectivity index (χ0n) is 19.2. The van der Waals surface area contributed by atoms with Crippen molar-refractivity contribution in [3.8, 4) is 11.8 Å². The number of aryl methyl sites for hydroxylation is 1. The highest BCUT2D eigenvalue weighted by Crippen LogP contribution is 2.39. The van der Waals surface area contributed by atoms with Gasteiger partial charge in [0, 0.05) is 12.6 Å². The van der Waals surface area contributed by atoms with Crippen molar-refractivity contribution in [2.75, 3.05) is 6.54 Å². The van der Waals surface area contributed by atoms with Crippen LogP contribution in [0.5, 0.6) is 0 Å². The number of hydrogen-bond donors (Lipinski definition) is 2. The van der Waals surface area contributed by atoms with Crippen LogP contribution in [-0.4, -0.2) is 63.6 Å². The van der Waals surface area contributed by atoms with E-state index in [0.717, 1.165) is 12.1 Å². The maximum Gasteiger partial charge on any atom is 0.417 e. The van der Waals surface area contributed by atoms with Gasteiger partial charge in [-0.25, -0.2) is 13.2 Å². The summed E-state index contributed by atoms with van der Waals surface area (Å²) in [5.74, 6) is -0.893. The number of rotatable bonds is 5. The molecule has 11 nitrogen and oxygen atoms in total. The highest BCUT2D eigenvalue weighted by atomic mass is 32.2. The highest BCUT2D eigenvalue weighted by molar-refractivity contribution is 7.92. The predicted octanol–water partition coefficient (Wildman–Crippen LogP) is 1.63. The van der Waals surface area contributed by atoms with Crippen LogP contribution in [0.15, 0.2) is 40.0 Å². The number of carboxylic acid groups (broad SMARTS) is 1. The van der Waals surface area contributed by atoms with E-state index in [1.807, 2.05) is 6.07 Å². The number of carbonyl (C=O) groups excluding carboxylic acids is 1. The normalized spacial score (nSPS) is 20.8. The van der Waals surface area contributed by atoms with Crippen LogP contribution < -0.4 is 10.9 Å². The van der Waals surface area contributed by atoms with Crippen LogP contribution in [0.1, 0.15) is 30.5 Å². The summed E-state index contributed by atoms with van der Waals surface area (Å²) < 4.78 is 69.5. The molecule has 2 aliphatic rings. The first-order valence-electron chi connectivity index (χ1n) is 10.9. The molecule has 2 N–H and O–H groups in total. The molecular formula is C22H20F3N5O6S. The number of amides is 2. The van der Waals surface area contributed by atoms with Gasteiger partial charge in [-0.2, -0.15) is 28.2 Å². The van der Waals surface area contributed by atoms with E-state index in [-0.39, 0.29) is 5.69 Å². The predicted molar refractivity (Wildman–Crippen MR) is 119 cm³/mol. The van der Waals surface area contributed by atoms with Crippen molar-refractivity contribution >= 4 is 21.8 Å². The summed E-state index contributed by atoms with van der Waals surface area (Å²) in [6.45, 7) is 0.773. The number of aromatic nitrogens is 2. The van der Waals surface area contributed by atoms with Crippen molar-refractivity contribution in [2.24, 2.45) is 0 Å². The van der Waals surface area contributed by atoms with Crippen molar-refractivity contribution in [1.29, 1.82) is 5.26 Å². The van der Waals surface area contributed by atoms with Crippen LogP contribution in [0.3, 0.4) is 0 Å². The van der Waals surface area contributed by atoms with E-state index in [2.05, 4.69) is 10.4 Å². The second-order valence-corrected chi connectivity index (χ2v) is 11.1. The van der Waals surface area contributed by atoms with E-state index in [9.17, 15) is 46.3 Å². The fourth-order valence-corrected chi connectivity index (χ4v) is 6.07. The van der Waals surface area contributed by atoms with Crippen LogP contribution in [0, 0.1) is 18.3 Å². The van der Waals surface area contributed by atoms with Gasteiger partial charge in [0.05, 0.1) is 33.2 Å². The Morgan fingerprint density at radius 1 is 1.24 bits per heavy atom. The molecule has 4 rings (SSSR count). The van der Waals surface area contributed by atoms with Crippen molar-refractivity contribution in [1.82, 2.24) is 20.0 Å². The molecule has 1 aromatic heterocycles. The largest absolute Gasteiger partial charge is 0.465 e. The zero-order valence-corrected chi connectivity index (χ0v) is 20.0. The molecule has 1 aliphatic heterocycles. The second-order valence-electron chi connectivity index (χ2n) is 8.94. The number of halogens is 3. The number of likely N-dealkylation sites (tertiary alicyclic amines) is 1. The summed E-state index contributed by atoms with van der Waals surface area (Å²) in [7, 11) is -4.81. The van der Waals surface area contributed by atoms with E-state index < -0.39 is 73.8 Å². The number of nitrogens with one attached hydrogen (secondary N) is 1. The number of carbonyl (C=O) groups is 2. The molecule has 1 saturated carbocycles. The Morgan fingerprint density at radius 2 is 1.92 bits per heavy atom. The molecule has 0 spiro atoms. The van der Waals surface area contributed by atoms with Crippen LogP contribution in [0.25, 0.3) is 5.69 Å². The molecule has 37 heavy (non-hydrogen) atoms. The van der Waals surface area contributed by atoms with Gasteiger partial charge in [0.15, 0.2) is 9.84 Å². The van der Waals surface area contributed by atoms with E-state index in [1.54, 1.807) is 0 Å². The zero-order chi connectivity index (χ0) is 27.3. The Bertz CT molecular complexity index is 1490. The van der Waals surface area contributed by atoms with E-state index >= 15 is 0 Å². The molecule has 1 saturated heterocycles. The molecule has 2 heterocycles. The third-order valence-electron chi connectivity index (χ3n) is 6.33. The fraction of sp³-hybridized carbons (Fsp3) is 0.409. The van der Waals surface area contributed by atoms with Gasteiger partial charge in [-0.15, -0.1) is 0 Å². The van der Waals surface area contributed by atoms with Crippen LogP contribution >= 0.6 is 0 Å². The quantitative estimate of drug-likeness (QED) is 0.579. The smallest absolute Gasteiger partial charge is 0.417 e. The minimum atomic E-state index is -5.15. The van der Waals surface area contributed by atoms with E-state index in [1.165, 1.54) is 13.0 Å². The standard InChI is InChI=1S/C22H20F3N5O6S/c1-12-2-5-18(31)30(28-12)13-3-4-17(15(8-13)22(23,24)25)37(35,36)14-9-16(29(10-14)20(33)34)19(32)27-21(11-26)6-7-21/h2-5,8,14,16H,6-7,9-10H2,1H3,(H,27,32)(H,33,34)/t14-,16+/m1/s1. The third kappa shape index (κ3) is 4.88. The topological polar surface area (TPSA) is 162 Å². The summed E-state index contributed by atoms with van der Waals surface area (Å²) in [4.78, 5) is 36.0. The molecule has 2 atom stereocenters. The molecule has 196 valence electrons. The first kappa shape index (κ1) is 26.1. The lowest BCUT2D eigenvalue weighted by molar-refractivity contribution is -0.139. The average molecular weight is 539 g/mol. The van der Waals surface area contributed by atoms with Crippen LogP contribution in [0.2, 0.25) is 0 Å². The van der Waals surface area contributed by atoms with Gasteiger partial charge in [-0.1, -0.05) is 0 Å². The molecule has 2 fully saturated rings. The fourth-order valence-electron chi connectivity index (χ4n) is 4.18. The minimum absolute atomic E-state index is 0.318. The molecule has 1 aliphatic carbocycles. The van der Waals surface area contributed by atoms with E-state index in [0.29, 0.717) is 40.3 Å². The second kappa shape index (κ2) is 8.87. The first-order chi connectivity index (χ1) is 17.2. The Morgan fingerprint density at radius 3 is 2.49 bits per heavy atom. The number of sulfone groups is 1. The lowest BCUT2D eigenvalue weighted by atomic mass is 10.2. The Labute approximate surface area is 208 Å². The van der Waals surface area contributed by atoms with Crippen LogP contribution in [0.4, 0.5) is 18.0 Å². The Hall–Kier alpha value is -3.93. The lowest BCUT2D eigenvalue weighted by Gasteiger charge is -2.21. The lowest BCUT2D eigenvalue weighted by Crippen LogP contribution is -2.49. The van der Waals surface area contributed by atoms with Crippen molar-refractivity contribution in [3.05, 3.63) is 51.9 Å². The maximum absolute atomic E-state index is 14.0. The molecule has 0 bridgehead atoms. The maximum atomic E-state index is 14.0. The van der Waals surface area contributed by atoms with Crippen molar-refractivity contribution in [2.45, 2.75) is 54.1 Å². The molecule has 0 unspecified atom stereocenters. The van der Waals surface area contributed by atoms with Gasteiger partial charge in [0.1, 0.15) is 11.6 Å². The van der Waals surface area contributed by atoms with Gasteiger partial charge < -0.3 is 10.4 Å². The SMILES string of the molecule is Cc1ccc(=O)n(-c2ccc(S(=O)(=O)[C@@H]3C[C@@H](C(=O)NC4(C#N)CC4)N(C(=O)O)C3)c(C(F)(F)F)c2)n1. The van der Waals surface area contributed by atoms with Crippen LogP contribution in [-0.2, 0) is 20.8 Å². The monoisotopic (exact) mass is 539 g/mol. The Balaban J connectivity index is 1.72. The summed E-state index contributed by atoms with van der Waals surface area (Å²) in [5.41, 5.74) is -3.43. The number of alkyl halides is 3. The first-order valence-corrected chi connectivity index (χ1v) is 12.5. The van der Waals surface area contributed by atoms with Gasteiger partial charge >= 0.3 is 12.3 Å². The van der Waals surface area contributed by atoms with E-state index in [4.69, 9.17) is 0 Å². The molecule has 2 amide bonds. The third-order valence-corrected chi connectivity index (χ3v) is 8.52.